The summed E-state index contributed by atoms with van der Waals surface area (Å²) in [5.74, 6) is 1.89. The molecule has 3 nitrogen and oxygen atoms in total. The minimum atomic E-state index is -0.0579. The normalized spacial score (nSPS) is 12.4. The molecule has 0 saturated carbocycles. The summed E-state index contributed by atoms with van der Waals surface area (Å²) in [5.41, 5.74) is 0. The van der Waals surface area contributed by atoms with Gasteiger partial charge in [0.25, 0.3) is 0 Å². The number of aliphatic hydroxyl groups excluding tert-OH is 1. The van der Waals surface area contributed by atoms with Crippen LogP contribution >= 0.6 is 23.1 Å². The molecule has 0 aliphatic rings. The van der Waals surface area contributed by atoms with Gasteiger partial charge < -0.3 is 10.4 Å². The summed E-state index contributed by atoms with van der Waals surface area (Å²) >= 11 is 3.37. The molecule has 1 aromatic rings. The Hall–Kier alpha value is -0.520. The maximum atomic E-state index is 11.8. The lowest BCUT2D eigenvalue weighted by Crippen LogP contribution is -2.29. The number of thiophene rings is 1. The predicted octanol–water partition coefficient (Wildman–Crippen LogP) is 2.08. The fourth-order valence-corrected chi connectivity index (χ4v) is 2.90. The van der Waals surface area contributed by atoms with Gasteiger partial charge in [-0.1, -0.05) is 6.07 Å². The molecule has 0 radical (unpaired) electrons. The largest absolute Gasteiger partial charge is 0.396 e. The first kappa shape index (κ1) is 14.5. The Morgan fingerprint density at radius 2 is 2.41 bits per heavy atom. The number of rotatable bonds is 8. The second-order valence-corrected chi connectivity index (χ2v) is 5.92. The first-order valence-electron chi connectivity index (χ1n) is 5.75. The van der Waals surface area contributed by atoms with E-state index in [2.05, 4.69) is 5.32 Å². The molecule has 2 N–H and O–H groups in total. The Bertz CT molecular complexity index is 314. The van der Waals surface area contributed by atoms with Crippen molar-refractivity contribution < 1.29 is 9.90 Å². The Labute approximate surface area is 111 Å². The average Bonchev–Trinajstić information content (AvgIpc) is 2.86. The van der Waals surface area contributed by atoms with Crippen LogP contribution in [0.1, 0.15) is 24.1 Å². The van der Waals surface area contributed by atoms with Crippen molar-refractivity contribution in [2.24, 2.45) is 0 Å². The fourth-order valence-electron chi connectivity index (χ4n) is 1.34. The molecule has 1 aromatic heterocycles. The van der Waals surface area contributed by atoms with E-state index in [0.29, 0.717) is 6.54 Å². The van der Waals surface area contributed by atoms with Crippen molar-refractivity contribution in [3.05, 3.63) is 22.4 Å². The highest BCUT2D eigenvalue weighted by molar-refractivity contribution is 7.99. The molecule has 1 rings (SSSR count). The van der Waals surface area contributed by atoms with E-state index in [1.54, 1.807) is 23.1 Å². The minimum Gasteiger partial charge on any atom is -0.396 e. The highest BCUT2D eigenvalue weighted by atomic mass is 32.2. The van der Waals surface area contributed by atoms with Gasteiger partial charge in [0, 0.05) is 23.8 Å². The van der Waals surface area contributed by atoms with Gasteiger partial charge in [0.15, 0.2) is 0 Å². The van der Waals surface area contributed by atoms with Crippen LogP contribution in [0, 0.1) is 0 Å². The first-order chi connectivity index (χ1) is 8.25. The number of amides is 1. The second kappa shape index (κ2) is 8.55. The highest BCUT2D eigenvalue weighted by Crippen LogP contribution is 2.20. The average molecular weight is 273 g/mol. The van der Waals surface area contributed by atoms with Crippen molar-refractivity contribution in [3.63, 3.8) is 0 Å². The van der Waals surface area contributed by atoms with Crippen molar-refractivity contribution in [2.45, 2.75) is 19.3 Å². The van der Waals surface area contributed by atoms with Gasteiger partial charge >= 0.3 is 0 Å². The van der Waals surface area contributed by atoms with Crippen LogP contribution < -0.4 is 5.32 Å². The number of carbonyl (C=O) groups excluding carboxylic acids is 1. The molecule has 17 heavy (non-hydrogen) atoms. The van der Waals surface area contributed by atoms with Crippen molar-refractivity contribution in [2.75, 3.05) is 24.7 Å². The van der Waals surface area contributed by atoms with Crippen molar-refractivity contribution in [3.8, 4) is 0 Å². The van der Waals surface area contributed by atoms with Gasteiger partial charge in [-0.15, -0.1) is 11.3 Å². The van der Waals surface area contributed by atoms with Crippen LogP contribution in [-0.2, 0) is 4.79 Å². The molecule has 96 valence electrons. The third-order valence-corrected chi connectivity index (χ3v) is 4.48. The molecule has 0 aromatic carbocycles. The molecule has 0 bridgehead atoms. The topological polar surface area (TPSA) is 49.3 Å². The number of thioether (sulfide) groups is 1. The lowest BCUT2D eigenvalue weighted by atomic mass is 10.1. The molecule has 5 heteroatoms. The molecule has 1 amide bonds. The van der Waals surface area contributed by atoms with Crippen LogP contribution in [0.5, 0.6) is 0 Å². The number of carbonyl (C=O) groups is 1. The van der Waals surface area contributed by atoms with Crippen LogP contribution in [0.15, 0.2) is 17.5 Å². The predicted molar refractivity (Wildman–Crippen MR) is 74.8 cm³/mol. The molecule has 1 atom stereocenters. The van der Waals surface area contributed by atoms with E-state index in [0.717, 1.165) is 22.8 Å². The Kier molecular flexibility index (Phi) is 7.32. The van der Waals surface area contributed by atoms with Gasteiger partial charge in [-0.2, -0.15) is 11.8 Å². The van der Waals surface area contributed by atoms with E-state index in [4.69, 9.17) is 5.11 Å². The zero-order chi connectivity index (χ0) is 12.5. The van der Waals surface area contributed by atoms with E-state index in [1.807, 2.05) is 24.4 Å². The van der Waals surface area contributed by atoms with Gasteiger partial charge in [0.05, 0.1) is 5.92 Å². The Morgan fingerprint density at radius 1 is 1.59 bits per heavy atom. The summed E-state index contributed by atoms with van der Waals surface area (Å²) in [7, 11) is 0. The SMILES string of the molecule is CC(C(=O)NCCSCCCO)c1cccs1. The van der Waals surface area contributed by atoms with Crippen molar-refractivity contribution in [1.82, 2.24) is 5.32 Å². The van der Waals surface area contributed by atoms with Gasteiger partial charge in [-0.25, -0.2) is 0 Å². The van der Waals surface area contributed by atoms with Gasteiger partial charge in [0.1, 0.15) is 0 Å². The smallest absolute Gasteiger partial charge is 0.228 e. The van der Waals surface area contributed by atoms with Crippen LogP contribution in [0.25, 0.3) is 0 Å². The molecule has 0 aliphatic heterocycles. The lowest BCUT2D eigenvalue weighted by Gasteiger charge is -2.10. The second-order valence-electron chi connectivity index (χ2n) is 3.72. The maximum absolute atomic E-state index is 11.8. The van der Waals surface area contributed by atoms with Crippen LogP contribution in [0.4, 0.5) is 0 Å². The molecular weight excluding hydrogens is 254 g/mol. The maximum Gasteiger partial charge on any atom is 0.228 e. The summed E-state index contributed by atoms with van der Waals surface area (Å²) in [6.45, 7) is 2.87. The van der Waals surface area contributed by atoms with Crippen LogP contribution in [0.3, 0.4) is 0 Å². The molecule has 0 spiro atoms. The number of hydrogen-bond acceptors (Lipinski definition) is 4. The summed E-state index contributed by atoms with van der Waals surface area (Å²) < 4.78 is 0. The summed E-state index contributed by atoms with van der Waals surface area (Å²) in [4.78, 5) is 12.9. The molecule has 0 saturated heterocycles. The quantitative estimate of drug-likeness (QED) is 0.713. The molecule has 1 unspecified atom stereocenters. The zero-order valence-electron chi connectivity index (χ0n) is 10.0. The Balaban J connectivity index is 2.13. The summed E-state index contributed by atoms with van der Waals surface area (Å²) in [5, 5.41) is 13.5. The van der Waals surface area contributed by atoms with E-state index in [9.17, 15) is 4.79 Å². The molecule has 0 aliphatic carbocycles. The standard InChI is InChI=1S/C12H19NO2S2/c1-10(11-4-2-8-17-11)12(15)13-5-9-16-7-3-6-14/h2,4,8,10,14H,3,5-7,9H2,1H3,(H,13,15). The third-order valence-electron chi connectivity index (χ3n) is 2.36. The Morgan fingerprint density at radius 3 is 3.06 bits per heavy atom. The van der Waals surface area contributed by atoms with Crippen LogP contribution in [-0.4, -0.2) is 35.7 Å². The molecule has 1 heterocycles. The van der Waals surface area contributed by atoms with E-state index >= 15 is 0 Å². The summed E-state index contributed by atoms with van der Waals surface area (Å²) in [6.07, 6.45) is 0.824. The van der Waals surface area contributed by atoms with Gasteiger partial charge in [-0.05, 0) is 30.5 Å². The van der Waals surface area contributed by atoms with E-state index < -0.39 is 0 Å². The highest BCUT2D eigenvalue weighted by Gasteiger charge is 2.14. The minimum absolute atomic E-state index is 0.0579. The van der Waals surface area contributed by atoms with Crippen molar-refractivity contribution in [1.29, 1.82) is 0 Å². The lowest BCUT2D eigenvalue weighted by molar-refractivity contribution is -0.122. The van der Waals surface area contributed by atoms with E-state index in [-0.39, 0.29) is 18.4 Å². The first-order valence-corrected chi connectivity index (χ1v) is 7.79. The summed E-state index contributed by atoms with van der Waals surface area (Å²) in [6, 6.07) is 3.96. The number of nitrogens with one attached hydrogen (secondary N) is 1. The fraction of sp³-hybridized carbons (Fsp3) is 0.583. The van der Waals surface area contributed by atoms with Gasteiger partial charge in [-0.3, -0.25) is 4.79 Å². The third kappa shape index (κ3) is 5.57. The van der Waals surface area contributed by atoms with Crippen molar-refractivity contribution >= 4 is 29.0 Å². The number of hydrogen-bond donors (Lipinski definition) is 2. The zero-order valence-corrected chi connectivity index (χ0v) is 11.6. The molecule has 0 fully saturated rings. The monoisotopic (exact) mass is 273 g/mol. The van der Waals surface area contributed by atoms with Crippen LogP contribution in [0.2, 0.25) is 0 Å². The molecular formula is C12H19NO2S2. The van der Waals surface area contributed by atoms with E-state index in [1.165, 1.54) is 0 Å². The number of aliphatic hydroxyl groups is 1. The van der Waals surface area contributed by atoms with Gasteiger partial charge in [0.2, 0.25) is 5.91 Å².